The largest absolute Gasteiger partial charge is 0.0830 e. The summed E-state index contributed by atoms with van der Waals surface area (Å²) in [5, 5.41) is 0.800. The van der Waals surface area contributed by atoms with Gasteiger partial charge in [0.05, 0.1) is 9.92 Å². The molecule has 10 heavy (non-hydrogen) atoms. The predicted octanol–water partition coefficient (Wildman–Crippen LogP) is 4.54. The highest BCUT2D eigenvalue weighted by atomic mass is 127. The van der Waals surface area contributed by atoms with Crippen LogP contribution < -0.4 is 0 Å². The fraction of sp³-hybridized carbons (Fsp3) is 0. The molecule has 0 unspecified atom stereocenters. The van der Waals surface area contributed by atoms with Gasteiger partial charge in [0.15, 0.2) is 0 Å². The van der Waals surface area contributed by atoms with Gasteiger partial charge in [-0.15, -0.1) is 0 Å². The Morgan fingerprint density at radius 1 is 1.50 bits per heavy atom. The van der Waals surface area contributed by atoms with Crippen molar-refractivity contribution in [3.05, 3.63) is 27.7 Å². The molecule has 54 valence electrons. The third kappa shape index (κ3) is 2.03. The molecule has 1 rings (SSSR count). The van der Waals surface area contributed by atoms with E-state index in [1.54, 1.807) is 8.93 Å². The lowest BCUT2D eigenvalue weighted by Gasteiger charge is -1.99. The standard InChI is InChI=1S/C6H3BrClIS/c7-4-2-1-3-5(8)6(4)10-9/h1-3H. The molecule has 0 aliphatic rings. The molecular formula is C6H3BrClIS. The van der Waals surface area contributed by atoms with Gasteiger partial charge in [0.1, 0.15) is 0 Å². The van der Waals surface area contributed by atoms with E-state index in [2.05, 4.69) is 37.1 Å². The van der Waals surface area contributed by atoms with Crippen molar-refractivity contribution in [2.24, 2.45) is 0 Å². The topological polar surface area (TPSA) is 0 Å². The molecule has 0 aliphatic carbocycles. The van der Waals surface area contributed by atoms with Crippen molar-refractivity contribution in [1.29, 1.82) is 0 Å². The summed E-state index contributed by atoms with van der Waals surface area (Å²) in [7, 11) is 1.61. The highest BCUT2D eigenvalue weighted by Crippen LogP contribution is 2.37. The van der Waals surface area contributed by atoms with Crippen molar-refractivity contribution in [3.63, 3.8) is 0 Å². The van der Waals surface area contributed by atoms with Gasteiger partial charge in [-0.25, -0.2) is 0 Å². The number of hydrogen-bond acceptors (Lipinski definition) is 1. The second-order valence-corrected chi connectivity index (χ2v) is 4.77. The Kier molecular flexibility index (Phi) is 3.83. The molecule has 4 heteroatoms. The van der Waals surface area contributed by atoms with Gasteiger partial charge in [0.25, 0.3) is 0 Å². The second kappa shape index (κ2) is 4.18. The quantitative estimate of drug-likeness (QED) is 0.671. The maximum absolute atomic E-state index is 5.87. The molecule has 0 heterocycles. The minimum Gasteiger partial charge on any atom is -0.0830 e. The fourth-order valence-corrected chi connectivity index (χ4v) is 4.57. The molecule has 0 atom stereocenters. The van der Waals surface area contributed by atoms with Crippen molar-refractivity contribution < 1.29 is 0 Å². The lowest BCUT2D eigenvalue weighted by Crippen LogP contribution is -1.71. The van der Waals surface area contributed by atoms with Crippen molar-refractivity contribution in [2.75, 3.05) is 0 Å². The second-order valence-electron chi connectivity index (χ2n) is 1.63. The molecule has 1 aromatic carbocycles. The molecule has 0 amide bonds. The van der Waals surface area contributed by atoms with E-state index in [1.165, 1.54) is 0 Å². The van der Waals surface area contributed by atoms with Crippen LogP contribution >= 0.6 is 57.7 Å². The summed E-state index contributed by atoms with van der Waals surface area (Å²) in [5.41, 5.74) is 0. The van der Waals surface area contributed by atoms with E-state index in [0.717, 1.165) is 14.4 Å². The Bertz CT molecular complexity index is 221. The van der Waals surface area contributed by atoms with Gasteiger partial charge in [-0.1, -0.05) is 26.6 Å². The van der Waals surface area contributed by atoms with E-state index in [0.29, 0.717) is 0 Å². The third-order valence-corrected chi connectivity index (χ3v) is 4.26. The minimum atomic E-state index is 0.800. The molecule has 0 nitrogen and oxygen atoms in total. The third-order valence-electron chi connectivity index (χ3n) is 0.996. The van der Waals surface area contributed by atoms with Crippen LogP contribution in [-0.2, 0) is 0 Å². The lowest BCUT2D eigenvalue weighted by molar-refractivity contribution is 1.42. The van der Waals surface area contributed by atoms with Crippen LogP contribution in [-0.4, -0.2) is 0 Å². The first-order chi connectivity index (χ1) is 4.75. The predicted molar refractivity (Wildman–Crippen MR) is 59.0 cm³/mol. The van der Waals surface area contributed by atoms with Crippen LogP contribution in [0.2, 0.25) is 5.02 Å². The molecule has 0 fully saturated rings. The van der Waals surface area contributed by atoms with Crippen LogP contribution in [0.25, 0.3) is 0 Å². The van der Waals surface area contributed by atoms with Gasteiger partial charge >= 0.3 is 0 Å². The van der Waals surface area contributed by atoms with Gasteiger partial charge in [0, 0.05) is 25.7 Å². The van der Waals surface area contributed by atoms with E-state index in [4.69, 9.17) is 11.6 Å². The van der Waals surface area contributed by atoms with Gasteiger partial charge in [0.2, 0.25) is 0 Å². The van der Waals surface area contributed by atoms with E-state index in [1.807, 2.05) is 18.2 Å². The van der Waals surface area contributed by atoms with Crippen molar-refractivity contribution >= 4 is 57.7 Å². The zero-order valence-electron chi connectivity index (χ0n) is 4.77. The van der Waals surface area contributed by atoms with E-state index in [9.17, 15) is 0 Å². The Labute approximate surface area is 89.4 Å². The molecule has 0 N–H and O–H groups in total. The molecule has 1 aromatic rings. The smallest absolute Gasteiger partial charge is 0.0561 e. The summed E-state index contributed by atoms with van der Waals surface area (Å²) in [5.74, 6) is 0. The molecule has 0 spiro atoms. The SMILES string of the molecule is Clc1cccc(Br)c1SI. The average Bonchev–Trinajstić information content (AvgIpc) is 1.88. The average molecular weight is 349 g/mol. The van der Waals surface area contributed by atoms with Crippen LogP contribution in [0, 0.1) is 0 Å². The summed E-state index contributed by atoms with van der Waals surface area (Å²) < 4.78 is 1.06. The minimum absolute atomic E-state index is 0.800. The van der Waals surface area contributed by atoms with Crippen LogP contribution in [0.4, 0.5) is 0 Å². The molecule has 0 aliphatic heterocycles. The monoisotopic (exact) mass is 348 g/mol. The summed E-state index contributed by atoms with van der Waals surface area (Å²) in [4.78, 5) is 1.09. The Balaban J connectivity index is 3.17. The number of benzene rings is 1. The summed E-state index contributed by atoms with van der Waals surface area (Å²) >= 11 is 11.5. The molecule has 0 bridgehead atoms. The maximum Gasteiger partial charge on any atom is 0.0561 e. The molecular weight excluding hydrogens is 346 g/mol. The lowest BCUT2D eigenvalue weighted by atomic mass is 10.4. The Morgan fingerprint density at radius 3 is 2.60 bits per heavy atom. The maximum atomic E-state index is 5.87. The van der Waals surface area contributed by atoms with E-state index in [-0.39, 0.29) is 0 Å². The van der Waals surface area contributed by atoms with Crippen LogP contribution in [0.1, 0.15) is 0 Å². The summed E-state index contributed by atoms with van der Waals surface area (Å²) in [6.45, 7) is 0. The van der Waals surface area contributed by atoms with Crippen molar-refractivity contribution in [3.8, 4) is 0 Å². The zero-order chi connectivity index (χ0) is 7.56. The van der Waals surface area contributed by atoms with Crippen molar-refractivity contribution in [2.45, 2.75) is 4.90 Å². The molecule has 0 saturated heterocycles. The molecule has 0 radical (unpaired) electrons. The van der Waals surface area contributed by atoms with E-state index < -0.39 is 0 Å². The van der Waals surface area contributed by atoms with Crippen LogP contribution in [0.5, 0.6) is 0 Å². The van der Waals surface area contributed by atoms with Gasteiger partial charge in [-0.05, 0) is 28.1 Å². The highest BCUT2D eigenvalue weighted by molar-refractivity contribution is 14.2. The Morgan fingerprint density at radius 2 is 2.20 bits per heavy atom. The fourth-order valence-electron chi connectivity index (χ4n) is 0.556. The van der Waals surface area contributed by atoms with Gasteiger partial charge in [-0.3, -0.25) is 0 Å². The van der Waals surface area contributed by atoms with Crippen molar-refractivity contribution in [1.82, 2.24) is 0 Å². The first-order valence-electron chi connectivity index (χ1n) is 2.48. The zero-order valence-corrected chi connectivity index (χ0v) is 10.1. The number of halogens is 3. The van der Waals surface area contributed by atoms with Gasteiger partial charge < -0.3 is 0 Å². The van der Waals surface area contributed by atoms with Gasteiger partial charge in [-0.2, -0.15) is 0 Å². The molecule has 0 aromatic heterocycles. The molecule has 0 saturated carbocycles. The summed E-state index contributed by atoms with van der Waals surface area (Å²) in [6.07, 6.45) is 0. The number of hydrogen-bond donors (Lipinski definition) is 0. The highest BCUT2D eigenvalue weighted by Gasteiger charge is 2.02. The van der Waals surface area contributed by atoms with E-state index >= 15 is 0 Å². The number of rotatable bonds is 1. The summed E-state index contributed by atoms with van der Waals surface area (Å²) in [6, 6.07) is 5.78. The first-order valence-corrected chi connectivity index (χ1v) is 7.01. The van der Waals surface area contributed by atoms with Crippen LogP contribution in [0.15, 0.2) is 27.6 Å². The first kappa shape index (κ1) is 9.16. The Hall–Kier alpha value is 1.07. The normalized spacial score (nSPS) is 9.90. The van der Waals surface area contributed by atoms with Crippen LogP contribution in [0.3, 0.4) is 0 Å².